The van der Waals surface area contributed by atoms with Gasteiger partial charge in [0.05, 0.1) is 11.9 Å². The number of fused-ring (bicyclic) bond motifs is 1. The molecule has 100 valence electrons. The Morgan fingerprint density at radius 2 is 2.10 bits per heavy atom. The lowest BCUT2D eigenvalue weighted by Gasteiger charge is -2.02. The molecule has 1 aromatic carbocycles. The van der Waals surface area contributed by atoms with E-state index in [1.165, 1.54) is 0 Å². The van der Waals surface area contributed by atoms with Crippen LogP contribution in [0.25, 0.3) is 11.0 Å². The van der Waals surface area contributed by atoms with Gasteiger partial charge >= 0.3 is 0 Å². The first kappa shape index (κ1) is 12.5. The van der Waals surface area contributed by atoms with Gasteiger partial charge in [0, 0.05) is 24.5 Å². The fourth-order valence-electron chi connectivity index (χ4n) is 2.07. The molecule has 0 saturated heterocycles. The van der Waals surface area contributed by atoms with Crippen LogP contribution in [0.4, 0.5) is 0 Å². The standard InChI is InChI=1S/C15H14N4O/c1-10-3-5-12(16-9-10)8-15(20)11-4-6-13-14(7-11)19(2)18-17-13/h3-7,9H,8H2,1-2H3. The van der Waals surface area contributed by atoms with Gasteiger partial charge in [-0.1, -0.05) is 11.3 Å². The van der Waals surface area contributed by atoms with Crippen molar-refractivity contribution in [2.24, 2.45) is 7.05 Å². The minimum atomic E-state index is 0.0458. The van der Waals surface area contributed by atoms with Crippen LogP contribution in [-0.2, 0) is 13.5 Å². The summed E-state index contributed by atoms with van der Waals surface area (Å²) in [7, 11) is 1.81. The number of hydrogen-bond donors (Lipinski definition) is 0. The Hall–Kier alpha value is -2.56. The summed E-state index contributed by atoms with van der Waals surface area (Å²) < 4.78 is 1.66. The van der Waals surface area contributed by atoms with Gasteiger partial charge < -0.3 is 0 Å². The Kier molecular flexibility index (Phi) is 3.02. The largest absolute Gasteiger partial charge is 0.294 e. The maximum absolute atomic E-state index is 12.3. The topological polar surface area (TPSA) is 60.7 Å². The lowest BCUT2D eigenvalue weighted by Crippen LogP contribution is -2.05. The van der Waals surface area contributed by atoms with Crippen molar-refractivity contribution in [1.82, 2.24) is 20.0 Å². The van der Waals surface area contributed by atoms with E-state index in [4.69, 9.17) is 0 Å². The molecule has 0 aliphatic heterocycles. The molecular weight excluding hydrogens is 252 g/mol. The molecule has 3 aromatic rings. The van der Waals surface area contributed by atoms with E-state index in [1.54, 1.807) is 16.9 Å². The Labute approximate surface area is 116 Å². The zero-order valence-electron chi connectivity index (χ0n) is 11.4. The van der Waals surface area contributed by atoms with E-state index in [9.17, 15) is 4.79 Å². The van der Waals surface area contributed by atoms with E-state index >= 15 is 0 Å². The van der Waals surface area contributed by atoms with Gasteiger partial charge in [-0.25, -0.2) is 4.68 Å². The average molecular weight is 266 g/mol. The molecule has 0 bridgehead atoms. The minimum Gasteiger partial charge on any atom is -0.294 e. The van der Waals surface area contributed by atoms with Gasteiger partial charge in [-0.2, -0.15) is 0 Å². The number of hydrogen-bond acceptors (Lipinski definition) is 4. The van der Waals surface area contributed by atoms with Crippen LogP contribution in [0, 0.1) is 6.92 Å². The van der Waals surface area contributed by atoms with E-state index < -0.39 is 0 Å². The summed E-state index contributed by atoms with van der Waals surface area (Å²) in [4.78, 5) is 16.5. The Morgan fingerprint density at radius 1 is 1.25 bits per heavy atom. The zero-order valence-corrected chi connectivity index (χ0v) is 11.4. The second-order valence-corrected chi connectivity index (χ2v) is 4.84. The second-order valence-electron chi connectivity index (χ2n) is 4.84. The molecule has 0 spiro atoms. The molecule has 0 saturated carbocycles. The SMILES string of the molecule is Cc1ccc(CC(=O)c2ccc3nnn(C)c3c2)nc1. The molecule has 0 N–H and O–H groups in total. The van der Waals surface area contributed by atoms with Gasteiger partial charge in [0.25, 0.3) is 0 Å². The van der Waals surface area contributed by atoms with Gasteiger partial charge in [-0.3, -0.25) is 9.78 Å². The molecule has 0 aliphatic rings. The number of aromatic nitrogens is 4. The highest BCUT2D eigenvalue weighted by Crippen LogP contribution is 2.14. The van der Waals surface area contributed by atoms with E-state index in [2.05, 4.69) is 15.3 Å². The van der Waals surface area contributed by atoms with Crippen molar-refractivity contribution in [2.75, 3.05) is 0 Å². The molecule has 5 heteroatoms. The van der Waals surface area contributed by atoms with Gasteiger partial charge in [-0.15, -0.1) is 5.10 Å². The molecule has 3 rings (SSSR count). The first-order valence-electron chi connectivity index (χ1n) is 6.37. The maximum atomic E-state index is 12.3. The normalized spacial score (nSPS) is 10.9. The Balaban J connectivity index is 1.88. The monoisotopic (exact) mass is 266 g/mol. The zero-order chi connectivity index (χ0) is 14.1. The smallest absolute Gasteiger partial charge is 0.168 e. The van der Waals surface area contributed by atoms with Crippen molar-refractivity contribution in [1.29, 1.82) is 0 Å². The number of carbonyl (C=O) groups excluding carboxylic acids is 1. The first-order chi connectivity index (χ1) is 9.63. The van der Waals surface area contributed by atoms with E-state index in [1.807, 2.05) is 38.2 Å². The number of Topliss-reactive ketones (excluding diaryl/α,β-unsaturated/α-hetero) is 1. The number of carbonyl (C=O) groups is 1. The summed E-state index contributed by atoms with van der Waals surface area (Å²) in [5.74, 6) is 0.0458. The number of nitrogens with zero attached hydrogens (tertiary/aromatic N) is 4. The molecule has 5 nitrogen and oxygen atoms in total. The van der Waals surface area contributed by atoms with Crippen LogP contribution < -0.4 is 0 Å². The molecule has 0 unspecified atom stereocenters. The molecule has 0 radical (unpaired) electrons. The fourth-order valence-corrected chi connectivity index (χ4v) is 2.07. The second kappa shape index (κ2) is 4.85. The summed E-state index contributed by atoms with van der Waals surface area (Å²) in [6, 6.07) is 9.28. The van der Waals surface area contributed by atoms with E-state index in [0.717, 1.165) is 22.3 Å². The van der Waals surface area contributed by atoms with Crippen LogP contribution in [0.3, 0.4) is 0 Å². The molecular formula is C15H14N4O. The highest BCUT2D eigenvalue weighted by molar-refractivity contribution is 5.99. The van der Waals surface area contributed by atoms with Crippen LogP contribution >= 0.6 is 0 Å². The van der Waals surface area contributed by atoms with Crippen LogP contribution in [0.2, 0.25) is 0 Å². The Bertz CT molecular complexity index is 774. The summed E-state index contributed by atoms with van der Waals surface area (Å²) in [5, 5.41) is 7.93. The van der Waals surface area contributed by atoms with Gasteiger partial charge in [0.15, 0.2) is 5.78 Å². The number of pyridine rings is 1. The van der Waals surface area contributed by atoms with Crippen molar-refractivity contribution >= 4 is 16.8 Å². The Morgan fingerprint density at radius 3 is 2.85 bits per heavy atom. The highest BCUT2D eigenvalue weighted by atomic mass is 16.1. The van der Waals surface area contributed by atoms with Crippen molar-refractivity contribution < 1.29 is 4.79 Å². The quantitative estimate of drug-likeness (QED) is 0.681. The van der Waals surface area contributed by atoms with Crippen molar-refractivity contribution in [3.8, 4) is 0 Å². The van der Waals surface area contributed by atoms with Crippen LogP contribution in [0.15, 0.2) is 36.5 Å². The predicted octanol–water partition coefficient (Wildman–Crippen LogP) is 2.10. The first-order valence-corrected chi connectivity index (χ1v) is 6.37. The molecule has 0 amide bonds. The molecule has 2 aromatic heterocycles. The van der Waals surface area contributed by atoms with Crippen LogP contribution in [-0.4, -0.2) is 25.8 Å². The summed E-state index contributed by atoms with van der Waals surface area (Å²) in [6.07, 6.45) is 2.08. The van der Waals surface area contributed by atoms with Gasteiger partial charge in [0.1, 0.15) is 5.52 Å². The summed E-state index contributed by atoms with van der Waals surface area (Å²) in [5.41, 5.74) is 4.17. The number of rotatable bonds is 3. The fraction of sp³-hybridized carbons (Fsp3) is 0.200. The highest BCUT2D eigenvalue weighted by Gasteiger charge is 2.10. The third-order valence-corrected chi connectivity index (χ3v) is 3.25. The van der Waals surface area contributed by atoms with E-state index in [-0.39, 0.29) is 5.78 Å². The molecule has 0 fully saturated rings. The molecule has 0 atom stereocenters. The lowest BCUT2D eigenvalue weighted by molar-refractivity contribution is 0.0992. The molecule has 2 heterocycles. The third-order valence-electron chi connectivity index (χ3n) is 3.25. The number of benzene rings is 1. The third kappa shape index (κ3) is 2.30. The average Bonchev–Trinajstić information content (AvgIpc) is 2.82. The van der Waals surface area contributed by atoms with Crippen LogP contribution in [0.1, 0.15) is 21.6 Å². The van der Waals surface area contributed by atoms with Crippen molar-refractivity contribution in [3.63, 3.8) is 0 Å². The summed E-state index contributed by atoms with van der Waals surface area (Å²) >= 11 is 0. The predicted molar refractivity (Wildman–Crippen MR) is 75.5 cm³/mol. The number of ketones is 1. The summed E-state index contributed by atoms with van der Waals surface area (Å²) in [6.45, 7) is 1.97. The van der Waals surface area contributed by atoms with Gasteiger partial charge in [-0.05, 0) is 36.8 Å². The minimum absolute atomic E-state index is 0.0458. The maximum Gasteiger partial charge on any atom is 0.168 e. The van der Waals surface area contributed by atoms with Crippen molar-refractivity contribution in [2.45, 2.75) is 13.3 Å². The van der Waals surface area contributed by atoms with E-state index in [0.29, 0.717) is 12.0 Å². The van der Waals surface area contributed by atoms with Gasteiger partial charge in [0.2, 0.25) is 0 Å². The lowest BCUT2D eigenvalue weighted by atomic mass is 10.1. The van der Waals surface area contributed by atoms with Crippen molar-refractivity contribution in [3.05, 3.63) is 53.3 Å². The van der Waals surface area contributed by atoms with Crippen LogP contribution in [0.5, 0.6) is 0 Å². The molecule has 0 aliphatic carbocycles. The number of aryl methyl sites for hydroxylation is 2. The molecule has 20 heavy (non-hydrogen) atoms.